The third kappa shape index (κ3) is 12.1. The first kappa shape index (κ1) is 55.4. The minimum Gasteiger partial charge on any atom is -0.458 e. The largest absolute Gasteiger partial charge is 0.490 e. The van der Waals surface area contributed by atoms with Crippen LogP contribution in [0, 0.1) is 46.3 Å². The van der Waals surface area contributed by atoms with Gasteiger partial charge in [-0.1, -0.05) is 32.1 Å². The van der Waals surface area contributed by atoms with Crippen molar-refractivity contribution in [2.45, 2.75) is 134 Å². The fourth-order valence-electron chi connectivity index (χ4n) is 12.9. The highest BCUT2D eigenvalue weighted by Crippen LogP contribution is 2.70. The number of fused-ring (bicyclic) bond motifs is 6. The second-order valence-electron chi connectivity index (χ2n) is 20.6. The molecule has 2 aliphatic heterocycles. The number of hydrogen-bond donors (Lipinski definition) is 10. The molecule has 13 atom stereocenters. The minimum atomic E-state index is -5.70. The van der Waals surface area contributed by atoms with E-state index in [1.165, 1.54) is 10.8 Å². The number of phosphoric acid groups is 3. The molecule has 8 rings (SSSR count). The van der Waals surface area contributed by atoms with Gasteiger partial charge in [0.25, 0.3) is 5.56 Å². The zero-order chi connectivity index (χ0) is 52.7. The van der Waals surface area contributed by atoms with E-state index in [9.17, 15) is 52.9 Å². The smallest absolute Gasteiger partial charge is 0.458 e. The number of nitrogens with two attached hydrogens (primary N) is 1. The molecular formula is C45H65N6O19P3. The maximum Gasteiger partial charge on any atom is 0.490 e. The molecule has 25 nitrogen and oxygen atoms in total. The Bertz CT molecular complexity index is 2750. The normalized spacial score (nSPS) is 33.5. The van der Waals surface area contributed by atoms with Crippen molar-refractivity contribution in [3.8, 4) is 11.8 Å². The Morgan fingerprint density at radius 3 is 2.48 bits per heavy atom. The number of H-pyrrole nitrogens is 1. The Morgan fingerprint density at radius 1 is 0.959 bits per heavy atom. The Morgan fingerprint density at radius 2 is 1.74 bits per heavy atom. The summed E-state index contributed by atoms with van der Waals surface area (Å²) in [5, 5.41) is 30.1. The Kier molecular flexibility index (Phi) is 16.4. The quantitative estimate of drug-likeness (QED) is 0.0418. The highest BCUT2D eigenvalue weighted by Gasteiger charge is 2.71. The second-order valence-corrected chi connectivity index (χ2v) is 25.0. The fourth-order valence-corrected chi connectivity index (χ4v) is 16.0. The SMILES string of the molecule is C[C@]12CC[C@H](OCC(=O)NCCCCCC(=O)NCC#Cc3cn([C@H]4CC[C@@H](COP(=O)(O)OP(=O)(O)OP(=O)(O)O)O4)c4nc(N)[nH]c(=O)c34)C[C@H]1CC[C@@H]1[C@@H]2C[C@@H](O)[C@]2(C)[C@@H](C3=CC(=O)OC3)CC[C@]12O. The minimum absolute atomic E-state index is 0.0427. The van der Waals surface area contributed by atoms with Gasteiger partial charge < -0.3 is 64.9 Å². The molecule has 6 aliphatic rings. The molecule has 4 saturated carbocycles. The predicted molar refractivity (Wildman–Crippen MR) is 256 cm³/mol. The average molecular weight is 1090 g/mol. The molecule has 2 unspecified atom stereocenters. The number of hydrogen-bond acceptors (Lipinski definition) is 17. The van der Waals surface area contributed by atoms with Crippen LogP contribution in [-0.2, 0) is 55.4 Å². The Labute approximate surface area is 420 Å². The third-order valence-corrected chi connectivity index (χ3v) is 20.2. The number of aromatic amines is 1. The summed E-state index contributed by atoms with van der Waals surface area (Å²) in [6.07, 6.45) is 9.36. The molecule has 1 saturated heterocycles. The van der Waals surface area contributed by atoms with E-state index in [4.69, 9.17) is 34.3 Å². The number of amides is 2. The molecule has 73 heavy (non-hydrogen) atoms. The monoisotopic (exact) mass is 1090 g/mol. The number of cyclic esters (lactones) is 1. The number of carbonyl (C=O) groups is 3. The number of carbonyl (C=O) groups excluding carboxylic acids is 3. The fraction of sp³-hybridized carbons (Fsp3) is 0.711. The van der Waals surface area contributed by atoms with Crippen molar-refractivity contribution in [1.82, 2.24) is 25.2 Å². The van der Waals surface area contributed by atoms with Crippen LogP contribution >= 0.6 is 23.5 Å². The molecule has 4 aliphatic carbocycles. The number of phosphoric ester groups is 1. The number of unbranched alkanes of at least 4 members (excludes halogenated alkanes) is 2. The first-order valence-corrected chi connectivity index (χ1v) is 29.1. The van der Waals surface area contributed by atoms with Crippen LogP contribution < -0.4 is 21.9 Å². The lowest BCUT2D eigenvalue weighted by atomic mass is 9.42. The van der Waals surface area contributed by atoms with Crippen molar-refractivity contribution in [3.05, 3.63) is 33.8 Å². The first-order valence-electron chi connectivity index (χ1n) is 24.6. The average Bonchev–Trinajstić information content (AvgIpc) is 4.09. The van der Waals surface area contributed by atoms with Gasteiger partial charge in [0.15, 0.2) is 5.65 Å². The maximum atomic E-state index is 13.0. The zero-order valence-electron chi connectivity index (χ0n) is 40.5. The lowest BCUT2D eigenvalue weighted by Crippen LogP contribution is -2.67. The molecular weight excluding hydrogens is 1020 g/mol. The van der Waals surface area contributed by atoms with Crippen molar-refractivity contribution in [2.75, 3.05) is 38.6 Å². The summed E-state index contributed by atoms with van der Waals surface area (Å²) in [7, 11) is -16.6. The summed E-state index contributed by atoms with van der Waals surface area (Å²) in [5.41, 5.74) is 4.58. The van der Waals surface area contributed by atoms with Gasteiger partial charge in [0.05, 0.1) is 48.0 Å². The predicted octanol–water partition coefficient (Wildman–Crippen LogP) is 3.09. The molecule has 4 heterocycles. The highest BCUT2D eigenvalue weighted by molar-refractivity contribution is 7.66. The first-order chi connectivity index (χ1) is 34.3. The van der Waals surface area contributed by atoms with Gasteiger partial charge >= 0.3 is 29.4 Å². The Hall–Kier alpha value is -3.82. The molecule has 2 aromatic rings. The van der Waals surface area contributed by atoms with Crippen molar-refractivity contribution in [2.24, 2.45) is 34.5 Å². The number of anilines is 1. The molecule has 0 radical (unpaired) electrons. The number of nitrogens with one attached hydrogen (secondary N) is 3. The topological polar surface area (TPSA) is 380 Å². The van der Waals surface area contributed by atoms with Gasteiger partial charge in [0, 0.05) is 30.7 Å². The molecule has 11 N–H and O–H groups in total. The lowest BCUT2D eigenvalue weighted by molar-refractivity contribution is -0.245. The lowest BCUT2D eigenvalue weighted by Gasteiger charge is -2.65. The van der Waals surface area contributed by atoms with Crippen molar-refractivity contribution in [3.63, 3.8) is 0 Å². The molecule has 2 amide bonds. The van der Waals surface area contributed by atoms with E-state index in [1.54, 1.807) is 6.08 Å². The molecule has 28 heteroatoms. The third-order valence-electron chi connectivity index (χ3n) is 16.4. The van der Waals surface area contributed by atoms with E-state index < -0.39 is 65.1 Å². The van der Waals surface area contributed by atoms with Crippen LogP contribution in [0.2, 0.25) is 0 Å². The number of esters is 1. The van der Waals surface area contributed by atoms with Crippen LogP contribution in [0.15, 0.2) is 22.6 Å². The van der Waals surface area contributed by atoms with Gasteiger partial charge in [0.1, 0.15) is 19.4 Å². The number of aliphatic hydroxyl groups is 2. The molecule has 5 fully saturated rings. The standard InChI is InChI=1S/C45H65N6O19P3/c1-43-15-13-29(20-28(43)9-11-32-33(43)21-34(52)44(2)31(14-16-45(32,44)57)27-19-38(55)66-23-27)65-25-36(54)48-17-5-3-4-8-35(53)47-18-6-7-26-22-51(40-39(26)41(56)50-42(46)49-40)37-12-10-30(68-37)24-67-72(61,62)70-73(63,64)69-71(58,59)60/h19,22,28-34,37,52,57H,3-5,8-18,20-21,23-25H2,1-2H3,(H,47,53)(H,48,54)(H,61,62)(H,63,64)(H2,58,59,60)(H3,46,49,50,56)/t28-,29+,30+,31-,32-,33+,34-,37-,43+,44+,45+/m1/s1. The van der Waals surface area contributed by atoms with Gasteiger partial charge in [-0.25, -0.2) is 18.5 Å². The number of nitrogens with zero attached hydrogens (tertiary/aromatic N) is 2. The molecule has 2 aromatic heterocycles. The van der Waals surface area contributed by atoms with Gasteiger partial charge in [-0.15, -0.1) is 0 Å². The number of ether oxygens (including phenoxy) is 3. The summed E-state index contributed by atoms with van der Waals surface area (Å²) in [4.78, 5) is 93.5. The van der Waals surface area contributed by atoms with Gasteiger partial charge in [-0.05, 0) is 112 Å². The maximum absolute atomic E-state index is 13.0. The molecule has 0 aromatic carbocycles. The van der Waals surface area contributed by atoms with Crippen LogP contribution in [0.3, 0.4) is 0 Å². The summed E-state index contributed by atoms with van der Waals surface area (Å²) in [5.74, 6) is 5.12. The van der Waals surface area contributed by atoms with E-state index in [1.807, 2.05) is 6.92 Å². The van der Waals surface area contributed by atoms with E-state index in [2.05, 4.69) is 48.0 Å². The number of aromatic nitrogens is 3. The van der Waals surface area contributed by atoms with Crippen LogP contribution in [0.1, 0.15) is 116 Å². The van der Waals surface area contributed by atoms with E-state index in [0.717, 1.165) is 37.7 Å². The summed E-state index contributed by atoms with van der Waals surface area (Å²) < 4.78 is 65.6. The number of aliphatic hydroxyl groups excluding tert-OH is 1. The van der Waals surface area contributed by atoms with E-state index in [0.29, 0.717) is 51.0 Å². The molecule has 0 spiro atoms. The zero-order valence-corrected chi connectivity index (χ0v) is 43.2. The Balaban J connectivity index is 0.725. The van der Waals surface area contributed by atoms with Gasteiger partial charge in [0.2, 0.25) is 17.8 Å². The number of rotatable bonds is 19. The molecule has 0 bridgehead atoms. The summed E-state index contributed by atoms with van der Waals surface area (Å²) >= 11 is 0. The van der Waals surface area contributed by atoms with Crippen LogP contribution in [-0.4, -0.2) is 119 Å². The summed E-state index contributed by atoms with van der Waals surface area (Å²) in [6.45, 7) is 4.22. The second kappa shape index (κ2) is 21.7. The van der Waals surface area contributed by atoms with Crippen LogP contribution in [0.25, 0.3) is 11.0 Å². The van der Waals surface area contributed by atoms with Gasteiger partial charge in [-0.2, -0.15) is 13.6 Å². The van der Waals surface area contributed by atoms with Crippen molar-refractivity contribution < 1.29 is 85.2 Å². The van der Waals surface area contributed by atoms with Crippen molar-refractivity contribution in [1.29, 1.82) is 0 Å². The van der Waals surface area contributed by atoms with Gasteiger partial charge in [-0.3, -0.25) is 23.9 Å². The highest BCUT2D eigenvalue weighted by atomic mass is 31.3. The number of nitrogen functional groups attached to an aromatic ring is 1. The van der Waals surface area contributed by atoms with Crippen molar-refractivity contribution >= 4 is 58.2 Å². The van der Waals surface area contributed by atoms with E-state index in [-0.39, 0.29) is 109 Å². The molecule has 404 valence electrons. The van der Waals surface area contributed by atoms with Crippen LogP contribution in [0.5, 0.6) is 0 Å². The summed E-state index contributed by atoms with van der Waals surface area (Å²) in [6, 6.07) is 0. The van der Waals surface area contributed by atoms with E-state index >= 15 is 0 Å². The van der Waals surface area contributed by atoms with Crippen LogP contribution in [0.4, 0.5) is 5.95 Å².